The molecule has 5 heteroatoms. The van der Waals surface area contributed by atoms with E-state index in [1.807, 2.05) is 19.1 Å². The van der Waals surface area contributed by atoms with Crippen LogP contribution in [0.1, 0.15) is 87.8 Å². The number of ether oxygens (including phenoxy) is 1. The Morgan fingerprint density at radius 3 is 2.17 bits per heavy atom. The van der Waals surface area contributed by atoms with Crippen LogP contribution in [0.15, 0.2) is 60.7 Å². The first-order chi connectivity index (χ1) is 20.4. The Balaban J connectivity index is 1.17. The Bertz CT molecular complexity index is 1380. The summed E-state index contributed by atoms with van der Waals surface area (Å²) in [5, 5.41) is 0. The van der Waals surface area contributed by atoms with Crippen molar-refractivity contribution in [3.8, 4) is 16.9 Å². The number of fused-ring (bicyclic) bond motifs is 1. The molecule has 0 aliphatic heterocycles. The summed E-state index contributed by atoms with van der Waals surface area (Å²) in [6.45, 7) is 4.39. The van der Waals surface area contributed by atoms with Crippen molar-refractivity contribution in [3.05, 3.63) is 101 Å². The first kappa shape index (κ1) is 30.4. The molecule has 0 amide bonds. The number of hydrogen-bond acceptors (Lipinski definition) is 1. The van der Waals surface area contributed by atoms with Gasteiger partial charge in [0.1, 0.15) is 0 Å². The van der Waals surface area contributed by atoms with E-state index in [1.165, 1.54) is 54.7 Å². The zero-order chi connectivity index (χ0) is 29.6. The van der Waals surface area contributed by atoms with Gasteiger partial charge in [0.15, 0.2) is 23.2 Å². The minimum atomic E-state index is -1.22. The molecule has 0 bridgehead atoms. The Morgan fingerprint density at radius 2 is 1.43 bits per heavy atom. The number of hydrogen-bond donors (Lipinski definition) is 0. The van der Waals surface area contributed by atoms with Crippen LogP contribution < -0.4 is 4.74 Å². The minimum absolute atomic E-state index is 0.183. The van der Waals surface area contributed by atoms with Crippen molar-refractivity contribution in [2.24, 2.45) is 17.8 Å². The minimum Gasteiger partial charge on any atom is -0.490 e. The molecule has 2 fully saturated rings. The van der Waals surface area contributed by atoms with Crippen molar-refractivity contribution in [1.82, 2.24) is 0 Å². The highest BCUT2D eigenvalue weighted by Gasteiger charge is 2.36. The number of rotatable bonds is 10. The van der Waals surface area contributed by atoms with E-state index in [-0.39, 0.29) is 22.4 Å². The van der Waals surface area contributed by atoms with Crippen molar-refractivity contribution in [2.75, 3.05) is 6.61 Å². The molecule has 0 N–H and O–H groups in total. The molecule has 224 valence electrons. The van der Waals surface area contributed by atoms with Crippen molar-refractivity contribution >= 4 is 0 Å². The summed E-state index contributed by atoms with van der Waals surface area (Å²) in [6, 6.07) is 14.6. The molecule has 4 atom stereocenters. The standard InChI is InChI=1S/C37H42F4O/c1-3-5-6-8-27-17-18-31(35(39)34(27)38)32-19-20-33(37(41)36(32)40)42-23-25-11-14-30-22-29(16-15-28(30)21-25)26-12-9-24(7-4-2)10-13-26/h3,5,9-10,12-13,17-20,25,28-30H,4,6-8,11,14-16,21-23H2,1-2H3. The van der Waals surface area contributed by atoms with Gasteiger partial charge in [-0.15, -0.1) is 0 Å². The SMILES string of the molecule is CC=CCCc1ccc(-c2ccc(OCC3CCC4CC(c5ccc(CCC)cc5)CCC4C3)c(F)c2F)c(F)c1F. The fourth-order valence-corrected chi connectivity index (χ4v) is 7.14. The molecule has 0 heterocycles. The van der Waals surface area contributed by atoms with E-state index < -0.39 is 23.3 Å². The van der Waals surface area contributed by atoms with Crippen molar-refractivity contribution in [2.45, 2.75) is 84.0 Å². The average molecular weight is 579 g/mol. The summed E-state index contributed by atoms with van der Waals surface area (Å²) in [4.78, 5) is 0. The van der Waals surface area contributed by atoms with Crippen LogP contribution in [-0.2, 0) is 12.8 Å². The Kier molecular flexibility index (Phi) is 10.1. The van der Waals surface area contributed by atoms with Gasteiger partial charge in [0.2, 0.25) is 5.82 Å². The van der Waals surface area contributed by atoms with Gasteiger partial charge in [-0.2, -0.15) is 4.39 Å². The van der Waals surface area contributed by atoms with Crippen molar-refractivity contribution in [3.63, 3.8) is 0 Å². The Labute approximate surface area is 248 Å². The smallest absolute Gasteiger partial charge is 0.201 e. The number of allylic oxidation sites excluding steroid dienone is 2. The quantitative estimate of drug-likeness (QED) is 0.172. The molecule has 2 aliphatic rings. The summed E-state index contributed by atoms with van der Waals surface area (Å²) in [5.74, 6) is -2.50. The third kappa shape index (κ3) is 6.76. The van der Waals surface area contributed by atoms with Crippen molar-refractivity contribution < 1.29 is 22.3 Å². The molecule has 2 saturated carbocycles. The van der Waals surface area contributed by atoms with Crippen LogP contribution >= 0.6 is 0 Å². The van der Waals surface area contributed by atoms with Gasteiger partial charge in [0.25, 0.3) is 0 Å². The summed E-state index contributed by atoms with van der Waals surface area (Å²) >= 11 is 0. The number of halogens is 4. The predicted molar refractivity (Wildman–Crippen MR) is 162 cm³/mol. The fourth-order valence-electron chi connectivity index (χ4n) is 7.14. The lowest BCUT2D eigenvalue weighted by atomic mass is 9.64. The molecule has 0 saturated heterocycles. The lowest BCUT2D eigenvalue weighted by Gasteiger charge is -2.42. The zero-order valence-electron chi connectivity index (χ0n) is 24.8. The van der Waals surface area contributed by atoms with Crippen LogP contribution in [0.4, 0.5) is 17.6 Å². The van der Waals surface area contributed by atoms with Gasteiger partial charge in [0.05, 0.1) is 6.61 Å². The van der Waals surface area contributed by atoms with Crippen LogP contribution in [0.2, 0.25) is 0 Å². The molecule has 0 radical (unpaired) electrons. The molecule has 3 aromatic rings. The topological polar surface area (TPSA) is 9.23 Å². The van der Waals surface area contributed by atoms with Crippen LogP contribution in [0.3, 0.4) is 0 Å². The van der Waals surface area contributed by atoms with Gasteiger partial charge in [-0.25, -0.2) is 13.2 Å². The van der Waals surface area contributed by atoms with Gasteiger partial charge in [-0.1, -0.05) is 61.9 Å². The molecule has 2 aliphatic carbocycles. The molecule has 42 heavy (non-hydrogen) atoms. The first-order valence-electron chi connectivity index (χ1n) is 15.7. The first-order valence-corrected chi connectivity index (χ1v) is 15.7. The van der Waals surface area contributed by atoms with E-state index >= 15 is 8.78 Å². The maximum atomic E-state index is 15.1. The average Bonchev–Trinajstić information content (AvgIpc) is 3.01. The fraction of sp³-hybridized carbons (Fsp3) is 0.459. The summed E-state index contributed by atoms with van der Waals surface area (Å²) in [5.41, 5.74) is 2.47. The summed E-state index contributed by atoms with van der Waals surface area (Å²) < 4.78 is 65.4. The van der Waals surface area contributed by atoms with Gasteiger partial charge < -0.3 is 4.74 Å². The van der Waals surface area contributed by atoms with Gasteiger partial charge in [-0.05, 0) is 117 Å². The van der Waals surface area contributed by atoms with Crippen LogP contribution in [0.5, 0.6) is 5.75 Å². The monoisotopic (exact) mass is 578 g/mol. The lowest BCUT2D eigenvalue weighted by molar-refractivity contribution is 0.0902. The number of aryl methyl sites for hydroxylation is 2. The molecule has 1 nitrogen and oxygen atoms in total. The highest BCUT2D eigenvalue weighted by atomic mass is 19.2. The maximum absolute atomic E-state index is 15.1. The zero-order valence-corrected chi connectivity index (χ0v) is 24.8. The number of benzene rings is 3. The Morgan fingerprint density at radius 1 is 0.738 bits per heavy atom. The highest BCUT2D eigenvalue weighted by molar-refractivity contribution is 5.66. The van der Waals surface area contributed by atoms with Gasteiger partial charge in [-0.3, -0.25) is 0 Å². The second kappa shape index (κ2) is 13.9. The molecule has 3 aromatic carbocycles. The lowest BCUT2D eigenvalue weighted by Crippen LogP contribution is -2.32. The second-order valence-corrected chi connectivity index (χ2v) is 12.3. The van der Waals surface area contributed by atoms with E-state index in [0.717, 1.165) is 32.1 Å². The largest absolute Gasteiger partial charge is 0.490 e. The maximum Gasteiger partial charge on any atom is 0.201 e. The third-order valence-corrected chi connectivity index (χ3v) is 9.50. The van der Waals surface area contributed by atoms with E-state index in [2.05, 4.69) is 31.2 Å². The molecular weight excluding hydrogens is 536 g/mol. The third-order valence-electron chi connectivity index (χ3n) is 9.50. The van der Waals surface area contributed by atoms with E-state index in [0.29, 0.717) is 43.1 Å². The van der Waals surface area contributed by atoms with Gasteiger partial charge >= 0.3 is 0 Å². The van der Waals surface area contributed by atoms with Crippen LogP contribution in [0, 0.1) is 41.0 Å². The molecular formula is C37H42F4O. The molecule has 4 unspecified atom stereocenters. The van der Waals surface area contributed by atoms with Crippen LogP contribution in [-0.4, -0.2) is 6.61 Å². The normalized spacial score (nSPS) is 22.3. The summed E-state index contributed by atoms with van der Waals surface area (Å²) in [7, 11) is 0. The molecule has 5 rings (SSSR count). The van der Waals surface area contributed by atoms with Crippen LogP contribution in [0.25, 0.3) is 11.1 Å². The second-order valence-electron chi connectivity index (χ2n) is 12.3. The van der Waals surface area contributed by atoms with E-state index in [9.17, 15) is 8.78 Å². The van der Waals surface area contributed by atoms with Crippen molar-refractivity contribution in [1.29, 1.82) is 0 Å². The molecule has 0 aromatic heterocycles. The van der Waals surface area contributed by atoms with E-state index in [4.69, 9.17) is 4.74 Å². The highest BCUT2D eigenvalue weighted by Crippen LogP contribution is 2.47. The summed E-state index contributed by atoms with van der Waals surface area (Å²) in [6.07, 6.45) is 13.7. The Hall–Kier alpha value is -3.08. The predicted octanol–water partition coefficient (Wildman–Crippen LogP) is 10.8. The van der Waals surface area contributed by atoms with E-state index in [1.54, 1.807) is 0 Å². The van der Waals surface area contributed by atoms with Gasteiger partial charge in [0, 0.05) is 11.1 Å². The molecule has 0 spiro atoms.